The molecule has 18 heteroatoms. The van der Waals surface area contributed by atoms with Crippen LogP contribution < -0.4 is 19.9 Å². The monoisotopic (exact) mass is 1140 g/mol. The standard InChI is InChI=1S/C22H18BrCl2NO3S.C14H10Cl2O2.C13H13BrN2O2S/c1-14-5-9-18(10-6-14)30(28,29)26-22-12-16(23)8-7-15(22)11-17(27)13-19-20(24)3-2-4-21(19)25;15-12-7-4-8-13(16)11(12)9-14(17)18-10-5-2-1-3-6-10;1-9-2-5-11(6-3-9)19(17,18)16-13-8-10(14)4-7-12(13)15/h2-10,12,26H,11,13H2,1H3;1-8H,9H2;2-8,16H,15H2,1H3. The van der Waals surface area contributed by atoms with Gasteiger partial charge in [-0.3, -0.25) is 19.0 Å². The third-order valence-corrected chi connectivity index (χ3v) is 14.6. The molecule has 7 rings (SSSR count). The van der Waals surface area contributed by atoms with Gasteiger partial charge in [-0.1, -0.05) is 150 Å². The van der Waals surface area contributed by atoms with Crippen molar-refractivity contribution >= 4 is 127 Å². The zero-order valence-electron chi connectivity index (χ0n) is 35.6. The summed E-state index contributed by atoms with van der Waals surface area (Å²) in [7, 11) is -7.42. The van der Waals surface area contributed by atoms with Gasteiger partial charge < -0.3 is 10.5 Å². The Hall–Kier alpha value is -4.90. The van der Waals surface area contributed by atoms with Gasteiger partial charge in [0.1, 0.15) is 11.5 Å². The number of aryl methyl sites for hydroxylation is 2. The highest BCUT2D eigenvalue weighted by atomic mass is 79.9. The number of nitrogens with one attached hydrogen (secondary N) is 2. The molecular weight excluding hydrogens is 1110 g/mol. The summed E-state index contributed by atoms with van der Waals surface area (Å²) in [6, 6.07) is 42.3. The van der Waals surface area contributed by atoms with Crippen LogP contribution in [0.25, 0.3) is 0 Å². The average Bonchev–Trinajstić information content (AvgIpc) is 3.27. The van der Waals surface area contributed by atoms with Gasteiger partial charge in [0.05, 0.1) is 33.3 Å². The summed E-state index contributed by atoms with van der Waals surface area (Å²) >= 11 is 30.9. The molecule has 10 nitrogen and oxygen atoms in total. The summed E-state index contributed by atoms with van der Waals surface area (Å²) in [5.74, 6) is -0.0232. The van der Waals surface area contributed by atoms with Crippen molar-refractivity contribution in [2.45, 2.75) is 42.9 Å². The van der Waals surface area contributed by atoms with E-state index in [1.165, 1.54) is 0 Å². The third-order valence-electron chi connectivity index (χ3n) is 9.42. The first-order valence-corrected chi connectivity index (χ1v) is 25.9. The van der Waals surface area contributed by atoms with Crippen molar-refractivity contribution < 1.29 is 31.2 Å². The van der Waals surface area contributed by atoms with E-state index in [9.17, 15) is 26.4 Å². The molecule has 0 atom stereocenters. The fraction of sp³-hybridized carbons (Fsp3) is 0.102. The Morgan fingerprint density at radius 2 is 0.970 bits per heavy atom. The van der Waals surface area contributed by atoms with Crippen molar-refractivity contribution in [3.63, 3.8) is 0 Å². The number of esters is 1. The maximum Gasteiger partial charge on any atom is 0.315 e. The van der Waals surface area contributed by atoms with E-state index in [4.69, 9.17) is 56.9 Å². The number of anilines is 3. The Morgan fingerprint density at radius 1 is 0.537 bits per heavy atom. The first-order valence-electron chi connectivity index (χ1n) is 19.9. The number of nitrogen functional groups attached to an aromatic ring is 1. The lowest BCUT2D eigenvalue weighted by molar-refractivity contribution is -0.133. The molecule has 0 aliphatic heterocycles. The smallest absolute Gasteiger partial charge is 0.315 e. The van der Waals surface area contributed by atoms with Crippen LogP contribution in [-0.2, 0) is 48.9 Å². The summed E-state index contributed by atoms with van der Waals surface area (Å²) < 4.78 is 61.7. The van der Waals surface area contributed by atoms with Crippen LogP contribution in [0, 0.1) is 13.8 Å². The van der Waals surface area contributed by atoms with Gasteiger partial charge in [-0.15, -0.1) is 0 Å². The van der Waals surface area contributed by atoms with Gasteiger partial charge in [0.25, 0.3) is 20.0 Å². The molecule has 0 aliphatic rings. The Bertz CT molecular complexity index is 3050. The number of benzene rings is 7. The van der Waals surface area contributed by atoms with Gasteiger partial charge in [0, 0.05) is 47.4 Å². The molecule has 67 heavy (non-hydrogen) atoms. The highest BCUT2D eigenvalue weighted by Gasteiger charge is 2.20. The quantitative estimate of drug-likeness (QED) is 0.0584. The van der Waals surface area contributed by atoms with Crippen LogP contribution >= 0.6 is 78.3 Å². The van der Waals surface area contributed by atoms with Crippen LogP contribution in [0.3, 0.4) is 0 Å². The van der Waals surface area contributed by atoms with Crippen molar-refractivity contribution in [2.24, 2.45) is 0 Å². The van der Waals surface area contributed by atoms with Crippen LogP contribution in [0.2, 0.25) is 20.1 Å². The van der Waals surface area contributed by atoms with Gasteiger partial charge in [-0.05, 0) is 116 Å². The molecule has 0 unspecified atom stereocenters. The first kappa shape index (κ1) is 53.1. The molecule has 0 aliphatic carbocycles. The fourth-order valence-corrected chi connectivity index (χ4v) is 9.89. The van der Waals surface area contributed by atoms with E-state index in [2.05, 4.69) is 41.3 Å². The Balaban J connectivity index is 0.000000198. The highest BCUT2D eigenvalue weighted by Crippen LogP contribution is 2.30. The third kappa shape index (κ3) is 16.1. The topological polar surface area (TPSA) is 162 Å². The molecule has 348 valence electrons. The predicted molar refractivity (Wildman–Crippen MR) is 278 cm³/mol. The fourth-order valence-electron chi connectivity index (χ4n) is 5.93. The summed E-state index contributed by atoms with van der Waals surface area (Å²) in [4.78, 5) is 24.8. The minimum absolute atomic E-state index is 0.0284. The van der Waals surface area contributed by atoms with E-state index in [0.29, 0.717) is 64.1 Å². The summed E-state index contributed by atoms with van der Waals surface area (Å²) in [5.41, 5.74) is 10.5. The van der Waals surface area contributed by atoms with Crippen molar-refractivity contribution in [3.8, 4) is 5.75 Å². The van der Waals surface area contributed by atoms with E-state index in [1.54, 1.807) is 146 Å². The number of Topliss-reactive ketones (excluding diaryl/α,β-unsaturated/α-hetero) is 1. The molecular formula is C49H41Br2Cl4N3O7S2. The van der Waals surface area contributed by atoms with Crippen LogP contribution in [0.1, 0.15) is 27.8 Å². The summed E-state index contributed by atoms with van der Waals surface area (Å²) in [6.07, 6.45) is 0.132. The van der Waals surface area contributed by atoms with Gasteiger partial charge in [0.15, 0.2) is 0 Å². The molecule has 0 radical (unpaired) electrons. The Morgan fingerprint density at radius 3 is 1.46 bits per heavy atom. The normalized spacial score (nSPS) is 11.0. The maximum atomic E-state index is 12.8. The average molecular weight is 1150 g/mol. The molecule has 0 heterocycles. The number of nitrogens with two attached hydrogens (primary N) is 1. The molecule has 4 N–H and O–H groups in total. The Labute approximate surface area is 427 Å². The zero-order valence-corrected chi connectivity index (χ0v) is 43.4. The van der Waals surface area contributed by atoms with Gasteiger partial charge >= 0.3 is 5.97 Å². The molecule has 7 aromatic rings. The zero-order chi connectivity index (χ0) is 48.9. The largest absolute Gasteiger partial charge is 0.426 e. The van der Waals surface area contributed by atoms with Crippen LogP contribution in [0.15, 0.2) is 170 Å². The second-order valence-corrected chi connectivity index (χ2v) is 21.5. The molecule has 0 saturated heterocycles. The van der Waals surface area contributed by atoms with Crippen molar-refractivity contribution in [1.82, 2.24) is 0 Å². The minimum atomic E-state index is -3.80. The number of halogens is 6. The molecule has 0 fully saturated rings. The first-order chi connectivity index (χ1) is 31.7. The second-order valence-electron chi connectivity index (χ2n) is 14.6. The summed E-state index contributed by atoms with van der Waals surface area (Å²) in [6.45, 7) is 3.78. The predicted octanol–water partition coefficient (Wildman–Crippen LogP) is 13.5. The minimum Gasteiger partial charge on any atom is -0.426 e. The van der Waals surface area contributed by atoms with Gasteiger partial charge in [-0.2, -0.15) is 0 Å². The number of para-hydroxylation sites is 1. The highest BCUT2D eigenvalue weighted by molar-refractivity contribution is 9.10. The lowest BCUT2D eigenvalue weighted by Gasteiger charge is -2.14. The van der Waals surface area contributed by atoms with E-state index in [-0.39, 0.29) is 34.8 Å². The summed E-state index contributed by atoms with van der Waals surface area (Å²) in [5, 5.41) is 1.78. The van der Waals surface area contributed by atoms with Crippen LogP contribution in [0.4, 0.5) is 17.1 Å². The van der Waals surface area contributed by atoms with Crippen molar-refractivity contribution in [3.05, 3.63) is 209 Å². The second kappa shape index (κ2) is 24.4. The number of ketones is 1. The van der Waals surface area contributed by atoms with Crippen LogP contribution in [-0.4, -0.2) is 28.6 Å². The number of hydrogen-bond acceptors (Lipinski definition) is 8. The SMILES string of the molecule is Cc1ccc(S(=O)(=O)Nc2cc(Br)ccc2CC(=O)Cc2c(Cl)cccc2Cl)cc1.Cc1ccc(S(=O)(=O)Nc2cc(Br)ccc2N)cc1.O=C(Cc1c(Cl)cccc1Cl)Oc1ccccc1. The van der Waals surface area contributed by atoms with E-state index in [1.807, 2.05) is 19.9 Å². The lowest BCUT2D eigenvalue weighted by atomic mass is 10.0. The van der Waals surface area contributed by atoms with Gasteiger partial charge in [0.2, 0.25) is 0 Å². The van der Waals surface area contributed by atoms with Crippen molar-refractivity contribution in [2.75, 3.05) is 15.2 Å². The van der Waals surface area contributed by atoms with E-state index in [0.717, 1.165) is 15.6 Å². The van der Waals surface area contributed by atoms with E-state index >= 15 is 0 Å². The number of sulfonamides is 2. The Kier molecular flexibility index (Phi) is 19.3. The molecule has 0 saturated carbocycles. The number of hydrogen-bond donors (Lipinski definition) is 3. The molecule has 7 aromatic carbocycles. The maximum absolute atomic E-state index is 12.8. The number of carbonyl (C=O) groups excluding carboxylic acids is 2. The molecule has 0 amide bonds. The number of carbonyl (C=O) groups is 2. The van der Waals surface area contributed by atoms with Crippen molar-refractivity contribution in [1.29, 1.82) is 0 Å². The number of rotatable bonds is 13. The lowest BCUT2D eigenvalue weighted by Crippen LogP contribution is -2.16. The van der Waals surface area contributed by atoms with Crippen LogP contribution in [0.5, 0.6) is 5.75 Å². The molecule has 0 aromatic heterocycles. The van der Waals surface area contributed by atoms with E-state index < -0.39 is 26.0 Å². The van der Waals surface area contributed by atoms with Gasteiger partial charge in [-0.25, -0.2) is 16.8 Å². The molecule has 0 bridgehead atoms. The number of ether oxygens (including phenoxy) is 1. The molecule has 0 spiro atoms.